The molecule has 1 unspecified atom stereocenters. The Bertz CT molecular complexity index is 1470. The summed E-state index contributed by atoms with van der Waals surface area (Å²) in [6.07, 6.45) is 1.52. The molecule has 3 aromatic carbocycles. The third-order valence-corrected chi connectivity index (χ3v) is 6.52. The molecule has 4 aromatic rings. The van der Waals surface area contributed by atoms with Crippen molar-refractivity contribution in [3.63, 3.8) is 0 Å². The van der Waals surface area contributed by atoms with Crippen LogP contribution < -0.4 is 4.74 Å². The molecule has 1 amide bonds. The Kier molecular flexibility index (Phi) is 6.64. The Morgan fingerprint density at radius 2 is 1.76 bits per heavy atom. The monoisotopic (exact) mass is 493 g/mol. The predicted molar refractivity (Wildman–Crippen MR) is 140 cm³/mol. The molecule has 0 aliphatic carbocycles. The molecular weight excluding hydrogens is 466 g/mol. The molecule has 6 heteroatoms. The Morgan fingerprint density at radius 1 is 0.946 bits per heavy atom. The summed E-state index contributed by atoms with van der Waals surface area (Å²) in [7, 11) is 0. The lowest BCUT2D eigenvalue weighted by atomic mass is 9.93. The van der Waals surface area contributed by atoms with Gasteiger partial charge in [-0.2, -0.15) is 0 Å². The largest absolute Gasteiger partial charge is 0.507 e. The van der Waals surface area contributed by atoms with Gasteiger partial charge in [-0.25, -0.2) is 0 Å². The molecule has 0 bridgehead atoms. The van der Waals surface area contributed by atoms with E-state index < -0.39 is 17.7 Å². The highest BCUT2D eigenvalue weighted by Gasteiger charge is 2.46. The molecule has 1 aliphatic rings. The summed E-state index contributed by atoms with van der Waals surface area (Å²) < 4.78 is 11.5. The smallest absolute Gasteiger partial charge is 0.296 e. The number of rotatable bonds is 7. The van der Waals surface area contributed by atoms with Gasteiger partial charge in [0.05, 0.1) is 24.4 Å². The molecule has 0 radical (unpaired) electrons. The van der Waals surface area contributed by atoms with Crippen LogP contribution in [0.25, 0.3) is 5.76 Å². The number of hydrogen-bond donors (Lipinski definition) is 1. The minimum Gasteiger partial charge on any atom is -0.507 e. The highest BCUT2D eigenvalue weighted by Crippen LogP contribution is 2.41. The van der Waals surface area contributed by atoms with Crippen LogP contribution in [0.15, 0.2) is 101 Å². The third-order valence-electron chi connectivity index (χ3n) is 6.52. The minimum absolute atomic E-state index is 0.0467. The summed E-state index contributed by atoms with van der Waals surface area (Å²) in [5.41, 5.74) is 3.99. The van der Waals surface area contributed by atoms with Crippen molar-refractivity contribution in [1.82, 2.24) is 4.90 Å². The highest BCUT2D eigenvalue weighted by atomic mass is 16.5. The number of Topliss-reactive ketones (excluding diaryl/α,β-unsaturated/α-hetero) is 1. The molecule has 1 saturated heterocycles. The lowest BCUT2D eigenvalue weighted by molar-refractivity contribution is -0.140. The Balaban J connectivity index is 1.58. The van der Waals surface area contributed by atoms with Gasteiger partial charge in [-0.1, -0.05) is 60.2 Å². The second kappa shape index (κ2) is 10.2. The maximum Gasteiger partial charge on any atom is 0.296 e. The van der Waals surface area contributed by atoms with Crippen LogP contribution in [0.4, 0.5) is 0 Å². The topological polar surface area (TPSA) is 80.0 Å². The van der Waals surface area contributed by atoms with Gasteiger partial charge in [0.2, 0.25) is 0 Å². The fourth-order valence-corrected chi connectivity index (χ4v) is 4.61. The zero-order chi connectivity index (χ0) is 25.9. The number of amides is 1. The van der Waals surface area contributed by atoms with Crippen LogP contribution >= 0.6 is 0 Å². The van der Waals surface area contributed by atoms with E-state index in [4.69, 9.17) is 9.15 Å². The lowest BCUT2D eigenvalue weighted by Crippen LogP contribution is -2.29. The van der Waals surface area contributed by atoms with Crippen LogP contribution in [0.1, 0.15) is 39.6 Å². The summed E-state index contributed by atoms with van der Waals surface area (Å²) in [6.45, 7) is 4.23. The average molecular weight is 494 g/mol. The summed E-state index contributed by atoms with van der Waals surface area (Å²) in [6, 6.07) is 25.4. The van der Waals surface area contributed by atoms with Crippen LogP contribution in [-0.4, -0.2) is 21.7 Å². The van der Waals surface area contributed by atoms with Gasteiger partial charge in [-0.05, 0) is 60.9 Å². The van der Waals surface area contributed by atoms with Gasteiger partial charge < -0.3 is 19.2 Å². The zero-order valence-corrected chi connectivity index (χ0v) is 20.7. The van der Waals surface area contributed by atoms with E-state index in [1.165, 1.54) is 11.2 Å². The second-order valence-electron chi connectivity index (χ2n) is 9.17. The molecule has 0 saturated carbocycles. The van der Waals surface area contributed by atoms with Crippen LogP contribution in [-0.2, 0) is 22.7 Å². The van der Waals surface area contributed by atoms with Crippen molar-refractivity contribution < 1.29 is 23.8 Å². The molecule has 1 aromatic heterocycles. The number of aliphatic hydroxyl groups is 1. The van der Waals surface area contributed by atoms with Crippen molar-refractivity contribution in [1.29, 1.82) is 0 Å². The van der Waals surface area contributed by atoms with Crippen LogP contribution in [0, 0.1) is 13.8 Å². The Labute approximate surface area is 215 Å². The number of aryl methyl sites for hydroxylation is 2. The molecule has 1 N–H and O–H groups in total. The Hall–Kier alpha value is -4.58. The molecule has 1 atom stereocenters. The number of furan rings is 1. The second-order valence-corrected chi connectivity index (χ2v) is 9.17. The standard InChI is InChI=1S/C31H27NO5/c1-20-13-14-21(2)26(16-20)29(33)27-28(32(31(35)30(27)34)18-25-12-7-15-36-25)23-10-6-11-24(17-23)37-19-22-8-4-3-5-9-22/h3-17,28,33H,18-19H2,1-2H3/b29-27+. The number of carbonyl (C=O) groups excluding carboxylic acids is 2. The summed E-state index contributed by atoms with van der Waals surface area (Å²) in [4.78, 5) is 28.1. The third kappa shape index (κ3) is 4.91. The molecular formula is C31H27NO5. The van der Waals surface area contributed by atoms with E-state index >= 15 is 0 Å². The van der Waals surface area contributed by atoms with Crippen molar-refractivity contribution in [2.75, 3.05) is 0 Å². The number of ketones is 1. The van der Waals surface area contributed by atoms with E-state index in [0.29, 0.717) is 29.2 Å². The highest BCUT2D eigenvalue weighted by molar-refractivity contribution is 6.46. The van der Waals surface area contributed by atoms with Crippen LogP contribution in [0.2, 0.25) is 0 Å². The van der Waals surface area contributed by atoms with Gasteiger partial charge in [0, 0.05) is 5.56 Å². The van der Waals surface area contributed by atoms with E-state index in [2.05, 4.69) is 0 Å². The first-order valence-corrected chi connectivity index (χ1v) is 12.1. The van der Waals surface area contributed by atoms with E-state index in [0.717, 1.165) is 16.7 Å². The number of ether oxygens (including phenoxy) is 1. The van der Waals surface area contributed by atoms with Gasteiger partial charge in [-0.3, -0.25) is 9.59 Å². The van der Waals surface area contributed by atoms with Crippen molar-refractivity contribution in [3.8, 4) is 5.75 Å². The number of likely N-dealkylation sites (tertiary alicyclic amines) is 1. The maximum atomic E-state index is 13.4. The van der Waals surface area contributed by atoms with Gasteiger partial charge in [0.15, 0.2) is 0 Å². The van der Waals surface area contributed by atoms with Crippen molar-refractivity contribution in [2.45, 2.75) is 33.0 Å². The predicted octanol–water partition coefficient (Wildman–Crippen LogP) is 6.10. The van der Waals surface area contributed by atoms with E-state index in [-0.39, 0.29) is 17.9 Å². The molecule has 1 aliphatic heterocycles. The number of benzene rings is 3. The van der Waals surface area contributed by atoms with E-state index in [1.54, 1.807) is 12.1 Å². The molecule has 37 heavy (non-hydrogen) atoms. The van der Waals surface area contributed by atoms with Crippen molar-refractivity contribution >= 4 is 17.4 Å². The minimum atomic E-state index is -0.815. The SMILES string of the molecule is Cc1ccc(C)c(/C(O)=C2\C(=O)C(=O)N(Cc3ccco3)C2c2cccc(OCc3ccccc3)c2)c1. The Morgan fingerprint density at radius 3 is 2.51 bits per heavy atom. The van der Waals surface area contributed by atoms with E-state index in [1.807, 2.05) is 86.6 Å². The number of hydrogen-bond acceptors (Lipinski definition) is 5. The van der Waals surface area contributed by atoms with E-state index in [9.17, 15) is 14.7 Å². The summed E-state index contributed by atoms with van der Waals surface area (Å²) >= 11 is 0. The molecule has 1 fully saturated rings. The molecule has 186 valence electrons. The summed E-state index contributed by atoms with van der Waals surface area (Å²) in [5.74, 6) is -0.483. The van der Waals surface area contributed by atoms with Gasteiger partial charge >= 0.3 is 0 Å². The quantitative estimate of drug-likeness (QED) is 0.191. The molecule has 6 nitrogen and oxygen atoms in total. The van der Waals surface area contributed by atoms with Crippen molar-refractivity contribution in [3.05, 3.63) is 130 Å². The molecule has 0 spiro atoms. The first-order chi connectivity index (χ1) is 17.9. The fraction of sp³-hybridized carbons (Fsp3) is 0.161. The molecule has 2 heterocycles. The van der Waals surface area contributed by atoms with Crippen molar-refractivity contribution in [2.24, 2.45) is 0 Å². The maximum absolute atomic E-state index is 13.4. The van der Waals surface area contributed by atoms with Gasteiger partial charge in [0.25, 0.3) is 11.7 Å². The van der Waals surface area contributed by atoms with Crippen LogP contribution in [0.5, 0.6) is 5.75 Å². The van der Waals surface area contributed by atoms with Gasteiger partial charge in [-0.15, -0.1) is 0 Å². The average Bonchev–Trinajstić information content (AvgIpc) is 3.52. The number of nitrogens with zero attached hydrogens (tertiary/aromatic N) is 1. The zero-order valence-electron chi connectivity index (χ0n) is 20.7. The summed E-state index contributed by atoms with van der Waals surface area (Å²) in [5, 5.41) is 11.4. The van der Waals surface area contributed by atoms with Gasteiger partial charge in [0.1, 0.15) is 23.9 Å². The molecule has 5 rings (SSSR count). The normalized spacial score (nSPS) is 16.8. The number of carbonyl (C=O) groups is 2. The first-order valence-electron chi connectivity index (χ1n) is 12.1. The fourth-order valence-electron chi connectivity index (χ4n) is 4.61. The lowest BCUT2D eigenvalue weighted by Gasteiger charge is -2.25. The van der Waals surface area contributed by atoms with Crippen LogP contribution in [0.3, 0.4) is 0 Å². The number of aliphatic hydroxyl groups excluding tert-OH is 1. The first kappa shape index (κ1) is 24.1.